The molecule has 1 rings (SSSR count). The van der Waals surface area contributed by atoms with Gasteiger partial charge in [0.15, 0.2) is 0 Å². The molecule has 0 radical (unpaired) electrons. The van der Waals surface area contributed by atoms with E-state index in [1.54, 1.807) is 30.3 Å². The van der Waals surface area contributed by atoms with E-state index in [0.717, 1.165) is 5.56 Å². The fourth-order valence-corrected chi connectivity index (χ4v) is 1.24. The summed E-state index contributed by atoms with van der Waals surface area (Å²) in [5.74, 6) is 4.81. The lowest BCUT2D eigenvalue weighted by Gasteiger charge is -1.98. The van der Waals surface area contributed by atoms with Gasteiger partial charge in [0.25, 0.3) is 0 Å². The van der Waals surface area contributed by atoms with Crippen molar-refractivity contribution in [3.05, 3.63) is 53.1 Å². The number of methoxy groups -OCH3 is 1. The molecular weight excluding hydrogens is 236 g/mol. The largest absolute Gasteiger partial charge is 0.465 e. The normalized spacial score (nSPS) is 10.1. The van der Waals surface area contributed by atoms with Crippen LogP contribution in [0, 0.1) is 11.8 Å². The molecule has 0 heterocycles. The van der Waals surface area contributed by atoms with Crippen molar-refractivity contribution in [2.75, 3.05) is 7.11 Å². The summed E-state index contributed by atoms with van der Waals surface area (Å²) in [6.45, 7) is 3.47. The minimum Gasteiger partial charge on any atom is -0.465 e. The van der Waals surface area contributed by atoms with Crippen LogP contribution in [0.2, 0.25) is 5.02 Å². The predicted molar refractivity (Wildman–Crippen MR) is 69.4 cm³/mol. The predicted octanol–water partition coefficient (Wildman–Crippen LogP) is 3.09. The number of ether oxygens (including phenoxy) is 1. The number of esters is 1. The van der Waals surface area contributed by atoms with Crippen LogP contribution >= 0.6 is 11.6 Å². The Kier molecular flexibility index (Phi) is 5.06. The number of benzene rings is 1. The highest BCUT2D eigenvalue weighted by atomic mass is 35.5. The lowest BCUT2D eigenvalue weighted by atomic mass is 10.1. The van der Waals surface area contributed by atoms with Crippen LogP contribution < -0.4 is 0 Å². The first kappa shape index (κ1) is 13.1. The van der Waals surface area contributed by atoms with Crippen molar-refractivity contribution in [1.82, 2.24) is 0 Å². The van der Waals surface area contributed by atoms with E-state index < -0.39 is 5.97 Å². The van der Waals surface area contributed by atoms with Gasteiger partial charge in [0.1, 0.15) is 5.57 Å². The highest BCUT2D eigenvalue weighted by Crippen LogP contribution is 2.12. The number of allylic oxidation sites excluding steroid dienone is 1. The monoisotopic (exact) mass is 246 g/mol. The van der Waals surface area contributed by atoms with Gasteiger partial charge in [-0.3, -0.25) is 0 Å². The zero-order chi connectivity index (χ0) is 12.7. The van der Waals surface area contributed by atoms with E-state index in [1.165, 1.54) is 13.2 Å². The van der Waals surface area contributed by atoms with Gasteiger partial charge in [-0.05, 0) is 29.8 Å². The summed E-state index contributed by atoms with van der Waals surface area (Å²) in [4.78, 5) is 11.4. The molecule has 3 heteroatoms. The van der Waals surface area contributed by atoms with E-state index in [-0.39, 0.29) is 5.57 Å². The maximum Gasteiger partial charge on any atom is 0.346 e. The number of carbonyl (C=O) groups is 1. The zero-order valence-corrected chi connectivity index (χ0v) is 10.1. The molecule has 0 amide bonds. The number of halogens is 1. The third-order valence-corrected chi connectivity index (χ3v) is 2.15. The van der Waals surface area contributed by atoms with Crippen molar-refractivity contribution in [3.63, 3.8) is 0 Å². The van der Waals surface area contributed by atoms with Crippen LogP contribution in [-0.4, -0.2) is 13.1 Å². The second-order valence-corrected chi connectivity index (χ2v) is 3.51. The molecule has 0 saturated heterocycles. The van der Waals surface area contributed by atoms with Gasteiger partial charge in [0, 0.05) is 5.02 Å². The summed E-state index contributed by atoms with van der Waals surface area (Å²) in [7, 11) is 1.31. The van der Waals surface area contributed by atoms with E-state index in [2.05, 4.69) is 23.2 Å². The number of hydrogen-bond acceptors (Lipinski definition) is 2. The van der Waals surface area contributed by atoms with Crippen molar-refractivity contribution in [1.29, 1.82) is 0 Å². The van der Waals surface area contributed by atoms with Crippen molar-refractivity contribution in [2.45, 2.75) is 0 Å². The maximum absolute atomic E-state index is 11.4. The zero-order valence-electron chi connectivity index (χ0n) is 9.37. The SMILES string of the molecule is C=CC#C/C(=C\c1ccc(Cl)cc1)C(=O)OC. The molecule has 0 fully saturated rings. The van der Waals surface area contributed by atoms with Crippen LogP contribution in [0.15, 0.2) is 42.5 Å². The molecule has 0 bridgehead atoms. The molecule has 0 aliphatic rings. The lowest BCUT2D eigenvalue weighted by Crippen LogP contribution is -2.02. The summed E-state index contributed by atoms with van der Waals surface area (Å²) >= 11 is 5.77. The Morgan fingerprint density at radius 2 is 2.06 bits per heavy atom. The third-order valence-electron chi connectivity index (χ3n) is 1.90. The fourth-order valence-electron chi connectivity index (χ4n) is 1.11. The van der Waals surface area contributed by atoms with Gasteiger partial charge < -0.3 is 4.74 Å². The average Bonchev–Trinajstić information content (AvgIpc) is 2.36. The van der Waals surface area contributed by atoms with Crippen LogP contribution in [0.5, 0.6) is 0 Å². The summed E-state index contributed by atoms with van der Waals surface area (Å²) in [6.07, 6.45) is 3.05. The highest BCUT2D eigenvalue weighted by Gasteiger charge is 2.06. The summed E-state index contributed by atoms with van der Waals surface area (Å²) in [5.41, 5.74) is 1.10. The van der Waals surface area contributed by atoms with Gasteiger partial charge in [-0.15, -0.1) is 0 Å². The minimum atomic E-state index is -0.477. The quantitative estimate of drug-likeness (QED) is 0.455. The Balaban J connectivity index is 3.08. The summed E-state index contributed by atoms with van der Waals surface area (Å²) in [6, 6.07) is 7.06. The van der Waals surface area contributed by atoms with Crippen LogP contribution in [0.3, 0.4) is 0 Å². The van der Waals surface area contributed by atoms with Gasteiger partial charge in [-0.2, -0.15) is 0 Å². The molecular formula is C14H11ClO2. The molecule has 0 aliphatic heterocycles. The number of rotatable bonds is 2. The Hall–Kier alpha value is -1.98. The maximum atomic E-state index is 11.4. The van der Waals surface area contributed by atoms with Gasteiger partial charge >= 0.3 is 5.97 Å². The third kappa shape index (κ3) is 4.18. The van der Waals surface area contributed by atoms with E-state index in [0.29, 0.717) is 5.02 Å². The molecule has 0 aliphatic carbocycles. The van der Waals surface area contributed by atoms with Crippen LogP contribution in [0.1, 0.15) is 5.56 Å². The Morgan fingerprint density at radius 3 is 2.59 bits per heavy atom. The first-order valence-corrected chi connectivity index (χ1v) is 5.23. The molecule has 0 N–H and O–H groups in total. The molecule has 1 aromatic rings. The number of carbonyl (C=O) groups excluding carboxylic acids is 1. The molecule has 86 valence electrons. The first-order valence-electron chi connectivity index (χ1n) is 4.85. The van der Waals surface area contributed by atoms with Crippen molar-refractivity contribution >= 4 is 23.6 Å². The van der Waals surface area contributed by atoms with Crippen molar-refractivity contribution < 1.29 is 9.53 Å². The molecule has 0 unspecified atom stereocenters. The summed E-state index contributed by atoms with van der Waals surface area (Å²) < 4.78 is 4.64. The van der Waals surface area contributed by atoms with E-state index >= 15 is 0 Å². The van der Waals surface area contributed by atoms with Crippen molar-refractivity contribution in [3.8, 4) is 11.8 Å². The Bertz CT molecular complexity index is 501. The molecule has 0 saturated carbocycles. The van der Waals surface area contributed by atoms with Crippen LogP contribution in [0.25, 0.3) is 6.08 Å². The molecule has 0 spiro atoms. The van der Waals surface area contributed by atoms with Gasteiger partial charge in [0.2, 0.25) is 0 Å². The van der Waals surface area contributed by atoms with E-state index in [9.17, 15) is 4.79 Å². The molecule has 1 aromatic carbocycles. The van der Waals surface area contributed by atoms with E-state index in [4.69, 9.17) is 11.6 Å². The lowest BCUT2D eigenvalue weighted by molar-refractivity contribution is -0.135. The molecule has 0 aromatic heterocycles. The Labute approximate surface area is 106 Å². The van der Waals surface area contributed by atoms with Crippen LogP contribution in [-0.2, 0) is 9.53 Å². The minimum absolute atomic E-state index is 0.273. The van der Waals surface area contributed by atoms with Crippen molar-refractivity contribution in [2.24, 2.45) is 0 Å². The topological polar surface area (TPSA) is 26.3 Å². The number of hydrogen-bond donors (Lipinski definition) is 0. The fraction of sp³-hybridized carbons (Fsp3) is 0.0714. The molecule has 0 atom stereocenters. The summed E-state index contributed by atoms with van der Waals surface area (Å²) in [5, 5.41) is 0.638. The van der Waals surface area contributed by atoms with Gasteiger partial charge in [-0.25, -0.2) is 4.79 Å². The second kappa shape index (κ2) is 6.57. The average molecular weight is 247 g/mol. The van der Waals surface area contributed by atoms with Gasteiger partial charge in [-0.1, -0.05) is 42.2 Å². The molecule has 2 nitrogen and oxygen atoms in total. The standard InChI is InChI=1S/C14H11ClO2/c1-3-4-5-12(14(16)17-2)10-11-6-8-13(15)9-7-11/h3,6-10H,1H2,2H3/b12-10+. The van der Waals surface area contributed by atoms with Crippen LogP contribution in [0.4, 0.5) is 0 Å². The van der Waals surface area contributed by atoms with E-state index in [1.807, 2.05) is 0 Å². The second-order valence-electron chi connectivity index (χ2n) is 3.07. The molecule has 17 heavy (non-hydrogen) atoms. The highest BCUT2D eigenvalue weighted by molar-refractivity contribution is 6.30. The smallest absolute Gasteiger partial charge is 0.346 e. The van der Waals surface area contributed by atoms with Gasteiger partial charge in [0.05, 0.1) is 7.11 Å². The first-order chi connectivity index (χ1) is 8.17. The Morgan fingerprint density at radius 1 is 1.41 bits per heavy atom.